The van der Waals surface area contributed by atoms with Gasteiger partial charge in [0.25, 0.3) is 0 Å². The summed E-state index contributed by atoms with van der Waals surface area (Å²) < 4.78 is 9.97. The summed E-state index contributed by atoms with van der Waals surface area (Å²) >= 11 is 3.24. The highest BCUT2D eigenvalue weighted by molar-refractivity contribution is 9.10. The molecule has 6 heteroatoms. The zero-order valence-electron chi connectivity index (χ0n) is 9.44. The molecular formula is C10H16BrNO4. The standard InChI is InChI=1S/C10H16BrNO4/c1-7(11)10(14)12-3-4-16-8(6-12)5-9(13)15-2/h7-8H,3-6H2,1-2H3. The van der Waals surface area contributed by atoms with E-state index in [0.717, 1.165) is 0 Å². The van der Waals surface area contributed by atoms with Gasteiger partial charge in [-0.25, -0.2) is 0 Å². The number of nitrogens with zero attached hydrogens (tertiary/aromatic N) is 1. The van der Waals surface area contributed by atoms with Crippen molar-refractivity contribution in [1.82, 2.24) is 4.90 Å². The zero-order valence-corrected chi connectivity index (χ0v) is 11.0. The number of morpholine rings is 1. The topological polar surface area (TPSA) is 55.8 Å². The Morgan fingerprint density at radius 1 is 1.62 bits per heavy atom. The highest BCUT2D eigenvalue weighted by atomic mass is 79.9. The summed E-state index contributed by atoms with van der Waals surface area (Å²) in [4.78, 5) is 24.3. The van der Waals surface area contributed by atoms with Crippen LogP contribution in [-0.2, 0) is 19.1 Å². The number of ether oxygens (including phenoxy) is 2. The molecule has 2 unspecified atom stereocenters. The molecule has 0 aliphatic carbocycles. The van der Waals surface area contributed by atoms with Crippen LogP contribution in [0.25, 0.3) is 0 Å². The second kappa shape index (κ2) is 6.20. The van der Waals surface area contributed by atoms with Crippen LogP contribution in [0, 0.1) is 0 Å². The molecule has 0 aromatic rings. The van der Waals surface area contributed by atoms with Gasteiger partial charge in [-0.3, -0.25) is 9.59 Å². The van der Waals surface area contributed by atoms with Crippen molar-refractivity contribution < 1.29 is 19.1 Å². The van der Waals surface area contributed by atoms with Crippen LogP contribution in [0.1, 0.15) is 13.3 Å². The van der Waals surface area contributed by atoms with Crippen molar-refractivity contribution in [1.29, 1.82) is 0 Å². The van der Waals surface area contributed by atoms with Crippen LogP contribution in [0.3, 0.4) is 0 Å². The molecule has 92 valence electrons. The lowest BCUT2D eigenvalue weighted by Gasteiger charge is -2.33. The van der Waals surface area contributed by atoms with E-state index in [1.54, 1.807) is 11.8 Å². The molecule has 1 aliphatic heterocycles. The van der Waals surface area contributed by atoms with E-state index >= 15 is 0 Å². The maximum Gasteiger partial charge on any atom is 0.308 e. The van der Waals surface area contributed by atoms with E-state index in [2.05, 4.69) is 20.7 Å². The molecule has 0 bridgehead atoms. The van der Waals surface area contributed by atoms with Crippen LogP contribution < -0.4 is 0 Å². The summed E-state index contributed by atoms with van der Waals surface area (Å²) in [5.41, 5.74) is 0. The minimum atomic E-state index is -0.314. The maximum absolute atomic E-state index is 11.7. The van der Waals surface area contributed by atoms with Gasteiger partial charge in [0.1, 0.15) is 0 Å². The third-order valence-corrected chi connectivity index (χ3v) is 2.80. The van der Waals surface area contributed by atoms with Crippen molar-refractivity contribution in [2.24, 2.45) is 0 Å². The third kappa shape index (κ3) is 3.75. The van der Waals surface area contributed by atoms with Crippen molar-refractivity contribution in [2.75, 3.05) is 26.8 Å². The van der Waals surface area contributed by atoms with Gasteiger partial charge >= 0.3 is 5.97 Å². The van der Waals surface area contributed by atoms with E-state index in [1.165, 1.54) is 7.11 Å². The minimum absolute atomic E-state index is 0.0261. The SMILES string of the molecule is COC(=O)CC1CN(C(=O)C(C)Br)CCO1. The van der Waals surface area contributed by atoms with Crippen molar-refractivity contribution in [2.45, 2.75) is 24.3 Å². The van der Waals surface area contributed by atoms with Crippen LogP contribution in [0.5, 0.6) is 0 Å². The summed E-state index contributed by atoms with van der Waals surface area (Å²) in [5.74, 6) is -0.288. The van der Waals surface area contributed by atoms with E-state index < -0.39 is 0 Å². The number of hydrogen-bond acceptors (Lipinski definition) is 4. The first-order chi connectivity index (χ1) is 7.54. The van der Waals surface area contributed by atoms with E-state index in [-0.39, 0.29) is 29.2 Å². The maximum atomic E-state index is 11.7. The molecule has 0 N–H and O–H groups in total. The second-order valence-corrected chi connectivity index (χ2v) is 5.05. The van der Waals surface area contributed by atoms with Gasteiger partial charge in [-0.05, 0) is 6.92 Å². The smallest absolute Gasteiger partial charge is 0.308 e. The van der Waals surface area contributed by atoms with Crippen LogP contribution in [0.4, 0.5) is 0 Å². The average Bonchev–Trinajstić information content (AvgIpc) is 2.28. The van der Waals surface area contributed by atoms with Crippen molar-refractivity contribution in [3.05, 3.63) is 0 Å². The van der Waals surface area contributed by atoms with Crippen molar-refractivity contribution in [3.63, 3.8) is 0 Å². The lowest BCUT2D eigenvalue weighted by atomic mass is 10.2. The normalized spacial score (nSPS) is 22.7. The number of hydrogen-bond donors (Lipinski definition) is 0. The number of methoxy groups -OCH3 is 1. The lowest BCUT2D eigenvalue weighted by Crippen LogP contribution is -2.48. The van der Waals surface area contributed by atoms with Crippen LogP contribution in [0.2, 0.25) is 0 Å². The molecule has 0 aromatic heterocycles. The molecule has 0 aromatic carbocycles. The Bertz CT molecular complexity index is 270. The Balaban J connectivity index is 2.47. The molecule has 0 spiro atoms. The Morgan fingerprint density at radius 2 is 2.31 bits per heavy atom. The highest BCUT2D eigenvalue weighted by Gasteiger charge is 2.27. The summed E-state index contributed by atoms with van der Waals surface area (Å²) in [5, 5.41) is 0. The second-order valence-electron chi connectivity index (χ2n) is 3.67. The van der Waals surface area contributed by atoms with Gasteiger partial charge in [-0.15, -0.1) is 0 Å². The predicted octanol–water partition coefficient (Wildman–Crippen LogP) is 0.560. The number of halogens is 1. The first kappa shape index (κ1) is 13.4. The third-order valence-electron chi connectivity index (χ3n) is 2.41. The number of amides is 1. The van der Waals surface area contributed by atoms with Gasteiger partial charge in [0.2, 0.25) is 5.91 Å². The fraction of sp³-hybridized carbons (Fsp3) is 0.800. The molecule has 1 heterocycles. The van der Waals surface area contributed by atoms with Gasteiger partial charge in [-0.2, -0.15) is 0 Å². The first-order valence-corrected chi connectivity index (χ1v) is 6.07. The fourth-order valence-corrected chi connectivity index (χ4v) is 1.85. The Hall–Kier alpha value is -0.620. The molecule has 1 amide bonds. The summed E-state index contributed by atoms with van der Waals surface area (Å²) in [7, 11) is 1.34. The molecule has 16 heavy (non-hydrogen) atoms. The monoisotopic (exact) mass is 293 g/mol. The molecule has 1 saturated heterocycles. The molecule has 1 fully saturated rings. The van der Waals surface area contributed by atoms with E-state index in [4.69, 9.17) is 4.74 Å². The van der Waals surface area contributed by atoms with Crippen LogP contribution >= 0.6 is 15.9 Å². The van der Waals surface area contributed by atoms with Crippen molar-refractivity contribution >= 4 is 27.8 Å². The fourth-order valence-electron chi connectivity index (χ4n) is 1.56. The number of alkyl halides is 1. The predicted molar refractivity (Wildman–Crippen MR) is 61.3 cm³/mol. The number of esters is 1. The van der Waals surface area contributed by atoms with Crippen LogP contribution in [0.15, 0.2) is 0 Å². The van der Waals surface area contributed by atoms with Gasteiger partial charge < -0.3 is 14.4 Å². The molecule has 2 atom stereocenters. The van der Waals surface area contributed by atoms with Gasteiger partial charge in [0, 0.05) is 13.1 Å². The summed E-state index contributed by atoms with van der Waals surface area (Å²) in [6.07, 6.45) is -0.0619. The van der Waals surface area contributed by atoms with Crippen molar-refractivity contribution in [3.8, 4) is 0 Å². The number of carbonyl (C=O) groups excluding carboxylic acids is 2. The van der Waals surface area contributed by atoms with E-state index in [9.17, 15) is 9.59 Å². The van der Waals surface area contributed by atoms with Crippen LogP contribution in [-0.4, -0.2) is 54.5 Å². The lowest BCUT2D eigenvalue weighted by molar-refractivity contribution is -0.149. The minimum Gasteiger partial charge on any atom is -0.469 e. The zero-order chi connectivity index (χ0) is 12.1. The average molecular weight is 294 g/mol. The molecule has 0 saturated carbocycles. The first-order valence-electron chi connectivity index (χ1n) is 5.16. The quantitative estimate of drug-likeness (QED) is 0.564. The molecule has 1 aliphatic rings. The largest absolute Gasteiger partial charge is 0.469 e. The molecule has 5 nitrogen and oxygen atoms in total. The van der Waals surface area contributed by atoms with E-state index in [1.807, 2.05) is 0 Å². The Morgan fingerprint density at radius 3 is 2.88 bits per heavy atom. The molecule has 0 radical (unpaired) electrons. The number of carbonyl (C=O) groups is 2. The summed E-state index contributed by atoms with van der Waals surface area (Å²) in [6, 6.07) is 0. The van der Waals surface area contributed by atoms with Gasteiger partial charge in [0.05, 0.1) is 31.1 Å². The molecule has 1 rings (SSSR count). The number of rotatable bonds is 3. The van der Waals surface area contributed by atoms with E-state index in [0.29, 0.717) is 19.7 Å². The highest BCUT2D eigenvalue weighted by Crippen LogP contribution is 2.12. The van der Waals surface area contributed by atoms with Gasteiger partial charge in [0.15, 0.2) is 0 Å². The van der Waals surface area contributed by atoms with Gasteiger partial charge in [-0.1, -0.05) is 15.9 Å². The Kier molecular flexibility index (Phi) is 5.21. The summed E-state index contributed by atoms with van der Waals surface area (Å²) in [6.45, 7) is 3.27. The molecular weight excluding hydrogens is 278 g/mol. The Labute approximate surface area is 103 Å².